The first-order valence-corrected chi connectivity index (χ1v) is 12.4. The summed E-state index contributed by atoms with van der Waals surface area (Å²) in [4.78, 5) is 25.8. The van der Waals surface area contributed by atoms with Crippen LogP contribution in [-0.4, -0.2) is 26.3 Å². The van der Waals surface area contributed by atoms with Crippen molar-refractivity contribution in [3.8, 4) is 0 Å². The van der Waals surface area contributed by atoms with E-state index in [1.165, 1.54) is 24.3 Å². The van der Waals surface area contributed by atoms with Gasteiger partial charge in [-0.05, 0) is 37.1 Å². The van der Waals surface area contributed by atoms with E-state index < -0.39 is 28.0 Å². The van der Waals surface area contributed by atoms with Crippen LogP contribution < -0.4 is 10.0 Å². The minimum Gasteiger partial charge on any atom is -0.444 e. The summed E-state index contributed by atoms with van der Waals surface area (Å²) in [6.07, 6.45) is 0.613. The van der Waals surface area contributed by atoms with Crippen LogP contribution in [0.1, 0.15) is 34.9 Å². The average molecular weight is 491 g/mol. The number of hydrogen-bond acceptors (Lipinski definition) is 6. The molecule has 0 saturated heterocycles. The number of halogens is 1. The molecule has 3 aromatic rings. The number of thiophene rings is 1. The van der Waals surface area contributed by atoms with Crippen molar-refractivity contribution in [3.05, 3.63) is 82.2 Å². The number of rotatable bonds is 8. The number of esters is 1. The van der Waals surface area contributed by atoms with Crippen molar-refractivity contribution >= 4 is 50.5 Å². The largest absolute Gasteiger partial charge is 0.444 e. The van der Waals surface area contributed by atoms with Crippen LogP contribution in [0.3, 0.4) is 0 Å². The lowest BCUT2D eigenvalue weighted by atomic mass is 10.1. The van der Waals surface area contributed by atoms with Gasteiger partial charge < -0.3 is 10.1 Å². The van der Waals surface area contributed by atoms with Gasteiger partial charge in [0.2, 0.25) is 6.10 Å². The zero-order valence-corrected chi connectivity index (χ0v) is 19.0. The van der Waals surface area contributed by atoms with Crippen LogP contribution >= 0.6 is 22.9 Å². The lowest BCUT2D eigenvalue weighted by molar-refractivity contribution is -0.130. The maximum Gasteiger partial charge on any atom is 0.341 e. The second kappa shape index (κ2) is 9.32. The van der Waals surface area contributed by atoms with E-state index in [-0.39, 0.29) is 21.5 Å². The first-order valence-electron chi connectivity index (χ1n) is 9.77. The first-order chi connectivity index (χ1) is 15.3. The molecule has 1 atom stereocenters. The molecule has 1 amide bonds. The summed E-state index contributed by atoms with van der Waals surface area (Å²) in [5.74, 6) is -1.24. The zero-order valence-electron chi connectivity index (χ0n) is 16.7. The maximum absolute atomic E-state index is 13.0. The maximum atomic E-state index is 13.0. The van der Waals surface area contributed by atoms with Crippen LogP contribution in [-0.2, 0) is 19.6 Å². The van der Waals surface area contributed by atoms with Crippen LogP contribution in [0.25, 0.3) is 0 Å². The Morgan fingerprint density at radius 3 is 2.34 bits per heavy atom. The molecule has 0 radical (unpaired) electrons. The van der Waals surface area contributed by atoms with Crippen molar-refractivity contribution < 1.29 is 22.7 Å². The van der Waals surface area contributed by atoms with Gasteiger partial charge in [-0.1, -0.05) is 54.1 Å². The van der Waals surface area contributed by atoms with Gasteiger partial charge in [0.25, 0.3) is 15.9 Å². The van der Waals surface area contributed by atoms with Crippen molar-refractivity contribution in [2.45, 2.75) is 29.2 Å². The molecule has 1 aliphatic carbocycles. The fraction of sp³-hybridized carbons (Fsp3) is 0.182. The van der Waals surface area contributed by atoms with E-state index in [0.717, 1.165) is 24.2 Å². The van der Waals surface area contributed by atoms with Gasteiger partial charge >= 0.3 is 5.97 Å². The Morgan fingerprint density at radius 1 is 1.00 bits per heavy atom. The van der Waals surface area contributed by atoms with Crippen molar-refractivity contribution in [2.75, 3.05) is 4.72 Å². The Kier molecular flexibility index (Phi) is 6.50. The number of hydrogen-bond donors (Lipinski definition) is 2. The molecule has 0 spiro atoms. The van der Waals surface area contributed by atoms with E-state index in [0.29, 0.717) is 9.90 Å². The fourth-order valence-electron chi connectivity index (χ4n) is 2.96. The molecule has 2 N–H and O–H groups in total. The topological polar surface area (TPSA) is 102 Å². The summed E-state index contributed by atoms with van der Waals surface area (Å²) in [7, 11) is -3.96. The second-order valence-corrected chi connectivity index (χ2v) is 10.8. The number of carbonyl (C=O) groups excluding carboxylic acids is 2. The number of ether oxygens (including phenoxy) is 1. The smallest absolute Gasteiger partial charge is 0.341 e. The molecular weight excluding hydrogens is 472 g/mol. The fourth-order valence-corrected chi connectivity index (χ4v) is 5.53. The van der Waals surface area contributed by atoms with Gasteiger partial charge in [-0.3, -0.25) is 9.52 Å². The summed E-state index contributed by atoms with van der Waals surface area (Å²) in [6, 6.07) is 17.7. The molecule has 4 rings (SSSR count). The second-order valence-electron chi connectivity index (χ2n) is 7.19. The molecule has 10 heteroatoms. The number of carbonyl (C=O) groups is 2. The van der Waals surface area contributed by atoms with Gasteiger partial charge in [0.1, 0.15) is 4.21 Å². The summed E-state index contributed by atoms with van der Waals surface area (Å²) in [5, 5.41) is 2.85. The number of nitrogens with one attached hydrogen (secondary N) is 2. The lowest BCUT2D eigenvalue weighted by Crippen LogP contribution is -2.33. The number of para-hydroxylation sites is 1. The molecule has 0 aliphatic heterocycles. The van der Waals surface area contributed by atoms with Crippen LogP contribution in [0.4, 0.5) is 5.69 Å². The number of anilines is 1. The van der Waals surface area contributed by atoms with Gasteiger partial charge in [-0.2, -0.15) is 0 Å². The molecule has 2 aromatic carbocycles. The van der Waals surface area contributed by atoms with Crippen LogP contribution in [0.15, 0.2) is 70.9 Å². The molecule has 32 heavy (non-hydrogen) atoms. The first kappa shape index (κ1) is 22.3. The SMILES string of the molecule is O=C(OC(C(=O)NC1CC1)c1ccccc1)c1ccccc1NS(=O)(=O)c1ccc(Cl)s1. The van der Waals surface area contributed by atoms with Gasteiger partial charge in [-0.25, -0.2) is 13.2 Å². The standard InChI is InChI=1S/C22H19ClN2O5S2/c23-18-12-13-19(31-18)32(28,29)25-17-9-5-4-8-16(17)22(27)30-20(14-6-2-1-3-7-14)21(26)24-15-10-11-15/h1-9,12-13,15,20,25H,10-11H2,(H,24,26). The Hall–Kier alpha value is -2.88. The van der Waals surface area contributed by atoms with E-state index >= 15 is 0 Å². The van der Waals surface area contributed by atoms with E-state index in [1.807, 2.05) is 0 Å². The number of benzene rings is 2. The Morgan fingerprint density at radius 2 is 1.69 bits per heavy atom. The molecule has 1 heterocycles. The number of sulfonamides is 1. The van der Waals surface area contributed by atoms with Gasteiger partial charge in [0, 0.05) is 11.6 Å². The Labute approximate surface area is 194 Å². The highest BCUT2D eigenvalue weighted by atomic mass is 35.5. The highest BCUT2D eigenvalue weighted by Gasteiger charge is 2.32. The molecule has 1 aromatic heterocycles. The highest BCUT2D eigenvalue weighted by molar-refractivity contribution is 7.94. The molecule has 1 fully saturated rings. The van der Waals surface area contributed by atoms with Crippen molar-refractivity contribution in [1.82, 2.24) is 5.32 Å². The van der Waals surface area contributed by atoms with Gasteiger partial charge in [-0.15, -0.1) is 11.3 Å². The van der Waals surface area contributed by atoms with Crippen LogP contribution in [0.5, 0.6) is 0 Å². The Bertz CT molecular complexity index is 1240. The highest BCUT2D eigenvalue weighted by Crippen LogP contribution is 2.29. The summed E-state index contributed by atoms with van der Waals surface area (Å²) in [6.45, 7) is 0. The molecule has 1 saturated carbocycles. The third-order valence-corrected chi connectivity index (χ3v) is 7.78. The minimum atomic E-state index is -3.96. The molecule has 1 aliphatic rings. The normalized spacial score (nSPS) is 14.4. The Balaban J connectivity index is 1.59. The van der Waals surface area contributed by atoms with Crippen molar-refractivity contribution in [2.24, 2.45) is 0 Å². The lowest BCUT2D eigenvalue weighted by Gasteiger charge is -2.19. The molecular formula is C22H19ClN2O5S2. The van der Waals surface area contributed by atoms with Gasteiger partial charge in [0.05, 0.1) is 15.6 Å². The monoisotopic (exact) mass is 490 g/mol. The van der Waals surface area contributed by atoms with E-state index in [9.17, 15) is 18.0 Å². The quantitative estimate of drug-likeness (QED) is 0.456. The third-order valence-electron chi connectivity index (χ3n) is 4.69. The molecule has 166 valence electrons. The van der Waals surface area contributed by atoms with Crippen LogP contribution in [0.2, 0.25) is 4.34 Å². The van der Waals surface area contributed by atoms with Gasteiger partial charge in [0.15, 0.2) is 0 Å². The molecule has 7 nitrogen and oxygen atoms in total. The summed E-state index contributed by atoms with van der Waals surface area (Å²) >= 11 is 6.75. The van der Waals surface area contributed by atoms with Crippen molar-refractivity contribution in [1.29, 1.82) is 0 Å². The van der Waals surface area contributed by atoms with E-state index in [2.05, 4.69) is 10.0 Å². The van der Waals surface area contributed by atoms with E-state index in [4.69, 9.17) is 16.3 Å². The number of amides is 1. The molecule has 1 unspecified atom stereocenters. The summed E-state index contributed by atoms with van der Waals surface area (Å²) in [5.41, 5.74) is 0.542. The minimum absolute atomic E-state index is 0.0108. The zero-order chi connectivity index (χ0) is 22.7. The average Bonchev–Trinajstić information content (AvgIpc) is 3.48. The predicted octanol–water partition coefficient (Wildman–Crippen LogP) is 4.38. The van der Waals surface area contributed by atoms with Crippen molar-refractivity contribution in [3.63, 3.8) is 0 Å². The summed E-state index contributed by atoms with van der Waals surface area (Å²) < 4.78 is 33.7. The van der Waals surface area contributed by atoms with Crippen LogP contribution in [0, 0.1) is 0 Å². The third kappa shape index (κ3) is 5.29. The van der Waals surface area contributed by atoms with E-state index in [1.54, 1.807) is 42.5 Å². The molecule has 0 bridgehead atoms. The predicted molar refractivity (Wildman–Crippen MR) is 122 cm³/mol.